The molecule has 0 bridgehead atoms. The first-order chi connectivity index (χ1) is 8.56. The highest BCUT2D eigenvalue weighted by Gasteiger charge is 2.17. The Balaban J connectivity index is 2.12. The van der Waals surface area contributed by atoms with E-state index in [9.17, 15) is 0 Å². The van der Waals surface area contributed by atoms with Crippen molar-refractivity contribution in [2.75, 3.05) is 18.0 Å². The highest BCUT2D eigenvalue weighted by atomic mass is 79.9. The molecule has 1 aliphatic rings. The van der Waals surface area contributed by atoms with Crippen LogP contribution in [0.2, 0.25) is 0 Å². The number of halogens is 1. The molecular formula is C15H23BrN2. The van der Waals surface area contributed by atoms with Gasteiger partial charge in [0.25, 0.3) is 0 Å². The summed E-state index contributed by atoms with van der Waals surface area (Å²) in [5.41, 5.74) is 8.50. The van der Waals surface area contributed by atoms with Gasteiger partial charge in [-0.25, -0.2) is 0 Å². The van der Waals surface area contributed by atoms with Gasteiger partial charge in [-0.05, 0) is 49.8 Å². The van der Waals surface area contributed by atoms with Crippen LogP contribution in [0.4, 0.5) is 5.69 Å². The molecule has 1 aliphatic heterocycles. The van der Waals surface area contributed by atoms with Crippen molar-refractivity contribution in [3.8, 4) is 0 Å². The molecule has 1 aromatic carbocycles. The molecule has 18 heavy (non-hydrogen) atoms. The van der Waals surface area contributed by atoms with E-state index in [-0.39, 0.29) is 6.04 Å². The zero-order valence-electron chi connectivity index (χ0n) is 11.3. The summed E-state index contributed by atoms with van der Waals surface area (Å²) in [5.74, 6) is 0.807. The summed E-state index contributed by atoms with van der Waals surface area (Å²) in [6.07, 6.45) is 3.60. The van der Waals surface area contributed by atoms with E-state index in [1.807, 2.05) is 6.92 Å². The van der Waals surface area contributed by atoms with Crippen LogP contribution in [-0.4, -0.2) is 19.1 Å². The molecule has 1 fully saturated rings. The van der Waals surface area contributed by atoms with Crippen molar-refractivity contribution < 1.29 is 0 Å². The van der Waals surface area contributed by atoms with Crippen molar-refractivity contribution in [2.24, 2.45) is 11.7 Å². The van der Waals surface area contributed by atoms with Crippen LogP contribution in [0.3, 0.4) is 0 Å². The molecule has 0 amide bonds. The number of anilines is 1. The molecule has 1 saturated heterocycles. The number of hydrogen-bond donors (Lipinski definition) is 1. The van der Waals surface area contributed by atoms with Gasteiger partial charge in [0.2, 0.25) is 0 Å². The Hall–Kier alpha value is -0.540. The zero-order chi connectivity index (χ0) is 13.1. The molecule has 2 nitrogen and oxygen atoms in total. The average Bonchev–Trinajstić information content (AvgIpc) is 2.31. The van der Waals surface area contributed by atoms with E-state index >= 15 is 0 Å². The molecule has 2 unspecified atom stereocenters. The lowest BCUT2D eigenvalue weighted by Crippen LogP contribution is -2.34. The zero-order valence-corrected chi connectivity index (χ0v) is 12.9. The summed E-state index contributed by atoms with van der Waals surface area (Å²) in [7, 11) is 0. The smallest absolute Gasteiger partial charge is 0.0377 e. The molecule has 0 aromatic heterocycles. The normalized spacial score (nSPS) is 22.0. The lowest BCUT2D eigenvalue weighted by molar-refractivity contribution is 0.447. The molecule has 3 heteroatoms. The second kappa shape index (κ2) is 6.07. The first kappa shape index (κ1) is 13.9. The monoisotopic (exact) mass is 310 g/mol. The molecule has 100 valence electrons. The Morgan fingerprint density at radius 1 is 1.50 bits per heavy atom. The van der Waals surface area contributed by atoms with Crippen molar-refractivity contribution in [3.63, 3.8) is 0 Å². The summed E-state index contributed by atoms with van der Waals surface area (Å²) in [4.78, 5) is 2.49. The third kappa shape index (κ3) is 3.48. The summed E-state index contributed by atoms with van der Waals surface area (Å²) in [6, 6.07) is 6.90. The van der Waals surface area contributed by atoms with Crippen LogP contribution in [0.1, 0.15) is 32.3 Å². The topological polar surface area (TPSA) is 29.3 Å². The van der Waals surface area contributed by atoms with Crippen molar-refractivity contribution >= 4 is 21.6 Å². The highest BCUT2D eigenvalue weighted by Crippen LogP contribution is 2.28. The number of nitrogens with zero attached hydrogens (tertiary/aromatic N) is 1. The van der Waals surface area contributed by atoms with E-state index in [0.717, 1.165) is 12.3 Å². The predicted octanol–water partition coefficient (Wildman–Crippen LogP) is 3.58. The van der Waals surface area contributed by atoms with Crippen LogP contribution < -0.4 is 10.6 Å². The maximum Gasteiger partial charge on any atom is 0.0377 e. The molecule has 1 heterocycles. The van der Waals surface area contributed by atoms with Crippen molar-refractivity contribution in [1.82, 2.24) is 0 Å². The van der Waals surface area contributed by atoms with Crippen LogP contribution >= 0.6 is 15.9 Å². The Kier molecular flexibility index (Phi) is 4.68. The van der Waals surface area contributed by atoms with E-state index in [2.05, 4.69) is 46.0 Å². The maximum absolute atomic E-state index is 5.86. The van der Waals surface area contributed by atoms with Gasteiger partial charge >= 0.3 is 0 Å². The SMILES string of the molecule is CC(N)Cc1ccc(N2CCCC(C)C2)cc1Br. The van der Waals surface area contributed by atoms with Crippen molar-refractivity contribution in [1.29, 1.82) is 0 Å². The molecule has 0 spiro atoms. The van der Waals surface area contributed by atoms with Crippen LogP contribution in [-0.2, 0) is 6.42 Å². The summed E-state index contributed by atoms with van der Waals surface area (Å²) >= 11 is 3.68. The molecule has 2 N–H and O–H groups in total. The molecule has 0 radical (unpaired) electrons. The molecule has 1 aromatic rings. The summed E-state index contributed by atoms with van der Waals surface area (Å²) in [6.45, 7) is 6.75. The van der Waals surface area contributed by atoms with Gasteiger partial charge in [-0.2, -0.15) is 0 Å². The molecule has 2 atom stereocenters. The van der Waals surface area contributed by atoms with Crippen LogP contribution in [0.25, 0.3) is 0 Å². The second-order valence-electron chi connectivity index (χ2n) is 5.65. The van der Waals surface area contributed by atoms with Gasteiger partial charge in [0.15, 0.2) is 0 Å². The van der Waals surface area contributed by atoms with E-state index in [0.29, 0.717) is 0 Å². The second-order valence-corrected chi connectivity index (χ2v) is 6.50. The van der Waals surface area contributed by atoms with Crippen molar-refractivity contribution in [3.05, 3.63) is 28.2 Å². The van der Waals surface area contributed by atoms with E-state index in [1.54, 1.807) is 0 Å². The third-order valence-electron chi connectivity index (χ3n) is 3.60. The Morgan fingerprint density at radius 3 is 2.89 bits per heavy atom. The highest BCUT2D eigenvalue weighted by molar-refractivity contribution is 9.10. The minimum atomic E-state index is 0.210. The Morgan fingerprint density at radius 2 is 2.28 bits per heavy atom. The minimum Gasteiger partial charge on any atom is -0.371 e. The lowest BCUT2D eigenvalue weighted by atomic mass is 9.99. The van der Waals surface area contributed by atoms with Gasteiger partial charge in [-0.1, -0.05) is 28.9 Å². The molecular weight excluding hydrogens is 288 g/mol. The van der Waals surface area contributed by atoms with Gasteiger partial charge in [-0.3, -0.25) is 0 Å². The van der Waals surface area contributed by atoms with E-state index < -0.39 is 0 Å². The van der Waals surface area contributed by atoms with Crippen LogP contribution in [0.5, 0.6) is 0 Å². The first-order valence-corrected chi connectivity index (χ1v) is 7.64. The molecule has 2 rings (SSSR count). The molecule has 0 aliphatic carbocycles. The number of piperidine rings is 1. The van der Waals surface area contributed by atoms with Crippen LogP contribution in [0, 0.1) is 5.92 Å². The van der Waals surface area contributed by atoms with Crippen LogP contribution in [0.15, 0.2) is 22.7 Å². The lowest BCUT2D eigenvalue weighted by Gasteiger charge is -2.33. The van der Waals surface area contributed by atoms with Gasteiger partial charge < -0.3 is 10.6 Å². The Bertz CT molecular complexity index is 403. The average molecular weight is 311 g/mol. The molecule has 0 saturated carbocycles. The van der Waals surface area contributed by atoms with Gasteiger partial charge in [-0.15, -0.1) is 0 Å². The largest absolute Gasteiger partial charge is 0.371 e. The Labute approximate surface area is 119 Å². The van der Waals surface area contributed by atoms with Gasteiger partial charge in [0.1, 0.15) is 0 Å². The van der Waals surface area contributed by atoms with E-state index in [1.165, 1.54) is 41.7 Å². The predicted molar refractivity (Wildman–Crippen MR) is 82.1 cm³/mol. The maximum atomic E-state index is 5.86. The summed E-state index contributed by atoms with van der Waals surface area (Å²) in [5, 5.41) is 0. The van der Waals surface area contributed by atoms with Gasteiger partial charge in [0, 0.05) is 29.3 Å². The standard InChI is InChI=1S/C15H23BrN2/c1-11-4-3-7-18(10-11)14-6-5-13(8-12(2)17)15(16)9-14/h5-6,9,11-12H,3-4,7-8,10,17H2,1-2H3. The fourth-order valence-electron chi connectivity index (χ4n) is 2.67. The summed E-state index contributed by atoms with van der Waals surface area (Å²) < 4.78 is 1.19. The fraction of sp³-hybridized carbons (Fsp3) is 0.600. The van der Waals surface area contributed by atoms with Gasteiger partial charge in [0.05, 0.1) is 0 Å². The number of hydrogen-bond acceptors (Lipinski definition) is 2. The number of rotatable bonds is 3. The minimum absolute atomic E-state index is 0.210. The number of benzene rings is 1. The third-order valence-corrected chi connectivity index (χ3v) is 4.34. The number of nitrogens with two attached hydrogens (primary N) is 1. The first-order valence-electron chi connectivity index (χ1n) is 6.85. The quantitative estimate of drug-likeness (QED) is 0.924. The van der Waals surface area contributed by atoms with Crippen molar-refractivity contribution in [2.45, 2.75) is 39.2 Å². The fourth-order valence-corrected chi connectivity index (χ4v) is 3.20. The van der Waals surface area contributed by atoms with E-state index in [4.69, 9.17) is 5.73 Å².